The minimum Gasteiger partial charge on any atom is -0.351 e. The van der Waals surface area contributed by atoms with Crippen LogP contribution >= 0.6 is 23.2 Å². The van der Waals surface area contributed by atoms with E-state index in [1.807, 2.05) is 0 Å². The minimum absolute atomic E-state index is 0.141. The zero-order chi connectivity index (χ0) is 13.5. The number of nitrogens with one attached hydrogen (secondary N) is 1. The van der Waals surface area contributed by atoms with E-state index >= 15 is 0 Å². The molecule has 0 atom stereocenters. The molecule has 2 rings (SSSR count). The van der Waals surface area contributed by atoms with Gasteiger partial charge in [-0.25, -0.2) is 0 Å². The van der Waals surface area contributed by atoms with E-state index < -0.39 is 0 Å². The van der Waals surface area contributed by atoms with Crippen molar-refractivity contribution in [3.8, 4) is 0 Å². The lowest BCUT2D eigenvalue weighted by Crippen LogP contribution is -2.21. The first-order valence-electron chi connectivity index (χ1n) is 7.07. The monoisotopic (exact) mass is 302 g/mol. The predicted octanol–water partition coefficient (Wildman–Crippen LogP) is 4.48. The summed E-state index contributed by atoms with van der Waals surface area (Å²) in [6.45, 7) is 0. The van der Waals surface area contributed by atoms with Crippen LogP contribution in [0, 0.1) is 0 Å². The maximum absolute atomic E-state index is 5.79. The van der Waals surface area contributed by atoms with Gasteiger partial charge in [0.1, 0.15) is 0 Å². The topological polar surface area (TPSA) is 50.7 Å². The third-order valence-corrected chi connectivity index (χ3v) is 3.86. The van der Waals surface area contributed by atoms with E-state index in [0.29, 0.717) is 12.0 Å². The van der Waals surface area contributed by atoms with Crippen molar-refractivity contribution in [2.75, 3.05) is 5.32 Å². The van der Waals surface area contributed by atoms with Crippen molar-refractivity contribution >= 4 is 29.2 Å². The SMILES string of the molecule is Clc1nc(Cl)nc(NC2CCCCCCCCC2)n1. The summed E-state index contributed by atoms with van der Waals surface area (Å²) in [6, 6.07) is 0.410. The third-order valence-electron chi connectivity index (χ3n) is 3.52. The van der Waals surface area contributed by atoms with Crippen LogP contribution in [0.2, 0.25) is 10.6 Å². The maximum atomic E-state index is 5.79. The highest BCUT2D eigenvalue weighted by atomic mass is 35.5. The molecule has 0 unspecified atom stereocenters. The Hall–Kier alpha value is -0.610. The van der Waals surface area contributed by atoms with Crippen LogP contribution in [0.4, 0.5) is 5.95 Å². The number of anilines is 1. The average molecular weight is 303 g/mol. The van der Waals surface area contributed by atoms with Crippen LogP contribution in [0.5, 0.6) is 0 Å². The Morgan fingerprint density at radius 1 is 0.737 bits per heavy atom. The first-order valence-corrected chi connectivity index (χ1v) is 7.83. The van der Waals surface area contributed by atoms with Gasteiger partial charge in [-0.3, -0.25) is 0 Å². The second kappa shape index (κ2) is 7.85. The number of hydrogen-bond acceptors (Lipinski definition) is 4. The van der Waals surface area contributed by atoms with Gasteiger partial charge in [-0.2, -0.15) is 15.0 Å². The van der Waals surface area contributed by atoms with Crippen LogP contribution in [0.15, 0.2) is 0 Å². The molecule has 0 amide bonds. The minimum atomic E-state index is 0.141. The highest BCUT2D eigenvalue weighted by Gasteiger charge is 2.12. The van der Waals surface area contributed by atoms with Crippen LogP contribution in [0.1, 0.15) is 57.8 Å². The van der Waals surface area contributed by atoms with E-state index in [0.717, 1.165) is 12.8 Å². The van der Waals surface area contributed by atoms with Crippen LogP contribution in [0.3, 0.4) is 0 Å². The first kappa shape index (κ1) is 14.8. The lowest BCUT2D eigenvalue weighted by molar-refractivity contribution is 0.475. The molecule has 1 saturated carbocycles. The Morgan fingerprint density at radius 2 is 1.21 bits per heavy atom. The molecule has 1 fully saturated rings. The summed E-state index contributed by atoms with van der Waals surface area (Å²) < 4.78 is 0. The van der Waals surface area contributed by atoms with E-state index in [1.165, 1.54) is 44.9 Å². The standard InChI is InChI=1S/C13H20Cl2N4/c14-11-17-12(15)19-13(18-11)16-10-8-6-4-2-1-3-5-7-9-10/h10H,1-9H2,(H,16,17,18,19). The van der Waals surface area contributed by atoms with Crippen molar-refractivity contribution in [3.05, 3.63) is 10.6 Å². The number of halogens is 2. The van der Waals surface area contributed by atoms with Gasteiger partial charge in [-0.15, -0.1) is 0 Å². The normalized spacial score (nSPS) is 19.1. The molecule has 4 nitrogen and oxygen atoms in total. The molecule has 1 heterocycles. The Kier molecular flexibility index (Phi) is 6.11. The smallest absolute Gasteiger partial charge is 0.228 e. The summed E-state index contributed by atoms with van der Waals surface area (Å²) >= 11 is 11.6. The molecular weight excluding hydrogens is 283 g/mol. The molecule has 0 bridgehead atoms. The molecule has 0 aromatic carbocycles. The molecule has 1 N–H and O–H groups in total. The average Bonchev–Trinajstić information content (AvgIpc) is 2.36. The van der Waals surface area contributed by atoms with Gasteiger partial charge in [-0.1, -0.05) is 44.9 Å². The van der Waals surface area contributed by atoms with Gasteiger partial charge in [0.25, 0.3) is 0 Å². The molecule has 0 aliphatic heterocycles. The zero-order valence-corrected chi connectivity index (χ0v) is 12.6. The molecule has 1 aliphatic carbocycles. The van der Waals surface area contributed by atoms with Gasteiger partial charge >= 0.3 is 0 Å². The van der Waals surface area contributed by atoms with Crippen LogP contribution in [0.25, 0.3) is 0 Å². The van der Waals surface area contributed by atoms with Crippen molar-refractivity contribution in [2.24, 2.45) is 0 Å². The number of nitrogens with zero attached hydrogens (tertiary/aromatic N) is 3. The summed E-state index contributed by atoms with van der Waals surface area (Å²) in [5.74, 6) is 0.493. The summed E-state index contributed by atoms with van der Waals surface area (Å²) in [5, 5.41) is 3.63. The van der Waals surface area contributed by atoms with Gasteiger partial charge in [0.2, 0.25) is 16.5 Å². The fourth-order valence-electron chi connectivity index (χ4n) is 2.53. The molecular formula is C13H20Cl2N4. The van der Waals surface area contributed by atoms with Crippen molar-refractivity contribution in [3.63, 3.8) is 0 Å². The number of aromatic nitrogens is 3. The van der Waals surface area contributed by atoms with Crippen molar-refractivity contribution in [1.29, 1.82) is 0 Å². The molecule has 6 heteroatoms. The molecule has 0 radical (unpaired) electrons. The Morgan fingerprint density at radius 3 is 1.74 bits per heavy atom. The molecule has 19 heavy (non-hydrogen) atoms. The maximum Gasteiger partial charge on any atom is 0.228 e. The second-order valence-corrected chi connectivity index (χ2v) is 5.77. The van der Waals surface area contributed by atoms with Crippen molar-refractivity contribution < 1.29 is 0 Å². The highest BCUT2D eigenvalue weighted by Crippen LogP contribution is 2.19. The highest BCUT2D eigenvalue weighted by molar-refractivity contribution is 6.31. The first-order chi connectivity index (χ1) is 9.24. The van der Waals surface area contributed by atoms with E-state index in [-0.39, 0.29) is 10.6 Å². The van der Waals surface area contributed by atoms with Gasteiger partial charge in [0.05, 0.1) is 0 Å². The Bertz CT molecular complexity index is 370. The van der Waals surface area contributed by atoms with Crippen LogP contribution in [-0.2, 0) is 0 Å². The number of rotatable bonds is 2. The summed E-state index contributed by atoms with van der Waals surface area (Å²) in [6.07, 6.45) is 11.5. The van der Waals surface area contributed by atoms with Crippen LogP contribution in [-0.4, -0.2) is 21.0 Å². The van der Waals surface area contributed by atoms with Crippen LogP contribution < -0.4 is 5.32 Å². The Balaban J connectivity index is 1.93. The zero-order valence-electron chi connectivity index (χ0n) is 11.0. The molecule has 1 aromatic heterocycles. The summed E-state index contributed by atoms with van der Waals surface area (Å²) in [5.41, 5.74) is 0. The molecule has 1 aliphatic rings. The predicted molar refractivity (Wildman–Crippen MR) is 78.8 cm³/mol. The van der Waals surface area contributed by atoms with E-state index in [1.54, 1.807) is 0 Å². The van der Waals surface area contributed by atoms with Crippen molar-refractivity contribution in [1.82, 2.24) is 15.0 Å². The van der Waals surface area contributed by atoms with E-state index in [9.17, 15) is 0 Å². The van der Waals surface area contributed by atoms with Gasteiger partial charge in [0.15, 0.2) is 0 Å². The summed E-state index contributed by atoms with van der Waals surface area (Å²) in [4.78, 5) is 11.9. The summed E-state index contributed by atoms with van der Waals surface area (Å²) in [7, 11) is 0. The molecule has 1 aromatic rings. The second-order valence-electron chi connectivity index (χ2n) is 5.09. The van der Waals surface area contributed by atoms with Gasteiger partial charge in [0, 0.05) is 6.04 Å². The molecule has 0 saturated heterocycles. The van der Waals surface area contributed by atoms with Gasteiger partial charge < -0.3 is 5.32 Å². The molecule has 106 valence electrons. The lowest BCUT2D eigenvalue weighted by Gasteiger charge is -2.19. The van der Waals surface area contributed by atoms with E-state index in [2.05, 4.69) is 20.3 Å². The largest absolute Gasteiger partial charge is 0.351 e. The van der Waals surface area contributed by atoms with Gasteiger partial charge in [-0.05, 0) is 36.0 Å². The lowest BCUT2D eigenvalue weighted by atomic mass is 9.97. The van der Waals surface area contributed by atoms with E-state index in [4.69, 9.17) is 23.2 Å². The van der Waals surface area contributed by atoms with Crippen molar-refractivity contribution in [2.45, 2.75) is 63.8 Å². The fourth-order valence-corrected chi connectivity index (χ4v) is 2.89. The fraction of sp³-hybridized carbons (Fsp3) is 0.769. The molecule has 0 spiro atoms. The number of hydrogen-bond donors (Lipinski definition) is 1. The quantitative estimate of drug-likeness (QED) is 0.875. The third kappa shape index (κ3) is 5.49. The Labute approximate surface area is 124 Å².